The Morgan fingerprint density at radius 1 is 1.33 bits per heavy atom. The predicted octanol–water partition coefficient (Wildman–Crippen LogP) is 1.62. The van der Waals surface area contributed by atoms with Crippen molar-refractivity contribution in [3.05, 3.63) is 0 Å². The fourth-order valence-corrected chi connectivity index (χ4v) is 0. The van der Waals surface area contributed by atoms with Crippen LogP contribution in [-0.4, -0.2) is 49.0 Å². The van der Waals surface area contributed by atoms with E-state index in [0.717, 1.165) is 49.0 Å². The Kier molecular flexibility index (Phi) is 3.60. The van der Waals surface area contributed by atoms with E-state index in [4.69, 9.17) is 0 Å². The molecule has 0 saturated carbocycles. The first-order valence-corrected chi connectivity index (χ1v) is 4.77. The molecule has 0 aliphatic heterocycles. The van der Waals surface area contributed by atoms with Crippen molar-refractivity contribution in [1.29, 1.82) is 0 Å². The van der Waals surface area contributed by atoms with Crippen molar-refractivity contribution in [2.75, 3.05) is 0 Å². The molecule has 0 bridgehead atoms. The zero-order valence-corrected chi connectivity index (χ0v) is 8.33. The quantitative estimate of drug-likeness (QED) is 0.416. The molecule has 0 saturated heterocycles. The average molecular weight is 110 g/mol. The fraction of sp³-hybridized carbons (Fsp3) is 1.00. The van der Waals surface area contributed by atoms with Gasteiger partial charge >= 0.3 is 75.7 Å². The van der Waals surface area contributed by atoms with Gasteiger partial charge in [-0.2, -0.15) is 0 Å². The van der Waals surface area contributed by atoms with Gasteiger partial charge in [-0.05, 0) is 0 Å². The Morgan fingerprint density at radius 2 is 1.50 bits per heavy atom. The van der Waals surface area contributed by atoms with Gasteiger partial charge in [0.25, 0.3) is 0 Å². The van der Waals surface area contributed by atoms with Crippen LogP contribution in [0.1, 0.15) is 20.8 Å². The molecule has 0 fully saturated rings. The Hall–Kier alpha value is 1.64. The Bertz CT molecular complexity index is 33.7. The van der Waals surface area contributed by atoms with E-state index in [-0.39, 0.29) is 0 Å². The van der Waals surface area contributed by atoms with Crippen LogP contribution in [0.5, 0.6) is 0 Å². The van der Waals surface area contributed by atoms with Crippen LogP contribution < -0.4 is 0 Å². The van der Waals surface area contributed by atoms with Gasteiger partial charge in [-0.3, -0.25) is 0 Å². The molecule has 0 rings (SSSR count). The van der Waals surface area contributed by atoms with Crippen LogP contribution in [-0.2, 0) is 0 Å². The standard InChI is InChI=1S/C5H11.K/c1-5(2,3)4;/h1H2,2-4H3;. The summed E-state index contributed by atoms with van der Waals surface area (Å²) in [4.78, 5) is 0. The van der Waals surface area contributed by atoms with E-state index in [1.807, 2.05) is 0 Å². The summed E-state index contributed by atoms with van der Waals surface area (Å²) in [6.45, 7) is 6.87. The molecule has 0 aromatic carbocycles. The first-order valence-electron chi connectivity index (χ1n) is 2.56. The maximum atomic E-state index is 2.29. The van der Waals surface area contributed by atoms with Gasteiger partial charge in [0.2, 0.25) is 0 Å². The van der Waals surface area contributed by atoms with Crippen molar-refractivity contribution in [3.8, 4) is 0 Å². The van der Waals surface area contributed by atoms with Gasteiger partial charge in [0.1, 0.15) is 0 Å². The van der Waals surface area contributed by atoms with Gasteiger partial charge in [0.05, 0.1) is 0 Å². The van der Waals surface area contributed by atoms with E-state index in [2.05, 4.69) is 20.8 Å². The second-order valence-corrected chi connectivity index (χ2v) is 4.02. The molecular weight excluding hydrogens is 99.2 g/mol. The summed E-state index contributed by atoms with van der Waals surface area (Å²) in [5.74, 6) is 0. The van der Waals surface area contributed by atoms with Crippen molar-refractivity contribution in [1.82, 2.24) is 0 Å². The van der Waals surface area contributed by atoms with Crippen LogP contribution in [0.4, 0.5) is 0 Å². The Balaban J connectivity index is 3.17. The van der Waals surface area contributed by atoms with E-state index >= 15 is 0 Å². The van der Waals surface area contributed by atoms with Crippen molar-refractivity contribution < 1.29 is 0 Å². The van der Waals surface area contributed by atoms with Crippen LogP contribution in [0.25, 0.3) is 0 Å². The Morgan fingerprint density at radius 3 is 1.50 bits per heavy atom. The molecular formula is C5H11K. The monoisotopic (exact) mass is 110 g/mol. The van der Waals surface area contributed by atoms with Crippen LogP contribution in [0.2, 0.25) is 0.515 Å². The SMILES string of the molecule is CC(C)(C)[CH2][K]. The summed E-state index contributed by atoms with van der Waals surface area (Å²) >= 11 is 1.05. The third-order valence-corrected chi connectivity index (χ3v) is 4.37. The third-order valence-electron chi connectivity index (χ3n) is 1.06. The van der Waals surface area contributed by atoms with Gasteiger partial charge < -0.3 is 0 Å². The number of hydrogen-bond acceptors (Lipinski definition) is 0. The molecule has 0 atom stereocenters. The number of rotatable bonds is 0. The predicted molar refractivity (Wildman–Crippen MR) is 30.0 cm³/mol. The molecule has 0 aliphatic carbocycles. The Labute approximate surface area is 74.3 Å². The first kappa shape index (κ1) is 7.64. The summed E-state index contributed by atoms with van der Waals surface area (Å²) in [5, 5.41) is 0. The summed E-state index contributed by atoms with van der Waals surface area (Å²) in [7, 11) is 0. The van der Waals surface area contributed by atoms with E-state index in [9.17, 15) is 0 Å². The molecule has 0 aromatic rings. The van der Waals surface area contributed by atoms with E-state index in [1.165, 1.54) is 0.515 Å². The summed E-state index contributed by atoms with van der Waals surface area (Å²) in [5.41, 5.74) is 0.625. The molecule has 0 aromatic heterocycles. The van der Waals surface area contributed by atoms with Crippen LogP contribution in [0, 0.1) is 5.41 Å². The molecule has 32 valence electrons. The molecule has 6 heavy (non-hydrogen) atoms. The molecule has 0 spiro atoms. The van der Waals surface area contributed by atoms with Gasteiger partial charge in [0.15, 0.2) is 0 Å². The third kappa shape index (κ3) is 5.64. The van der Waals surface area contributed by atoms with Gasteiger partial charge in [-0.1, -0.05) is 0 Å². The molecule has 1 heteroatoms. The molecule has 0 unspecified atom stereocenters. The molecule has 0 N–H and O–H groups in total. The minimum atomic E-state index is 0.625. The van der Waals surface area contributed by atoms with Gasteiger partial charge in [-0.25, -0.2) is 0 Å². The van der Waals surface area contributed by atoms with Crippen molar-refractivity contribution in [3.63, 3.8) is 0 Å². The zero-order chi connectivity index (χ0) is 5.21. The molecule has 0 radical (unpaired) electrons. The maximum absolute atomic E-state index is 2.29. The topological polar surface area (TPSA) is 0 Å². The van der Waals surface area contributed by atoms with Crippen molar-refractivity contribution >= 4 is 49.0 Å². The molecule has 0 nitrogen and oxygen atoms in total. The van der Waals surface area contributed by atoms with E-state index < -0.39 is 0 Å². The normalized spacial score (nSPS) is 12.2. The average Bonchev–Trinajstić information content (AvgIpc) is 1.35. The summed E-state index contributed by atoms with van der Waals surface area (Å²) < 4.78 is 1.46. The molecule has 0 aliphatic rings. The van der Waals surface area contributed by atoms with Crippen LogP contribution in [0.3, 0.4) is 0 Å². The number of hydrogen-bond donors (Lipinski definition) is 0. The van der Waals surface area contributed by atoms with Crippen molar-refractivity contribution in [2.45, 2.75) is 21.3 Å². The minimum absolute atomic E-state index is 0.625. The molecule has 0 heterocycles. The van der Waals surface area contributed by atoms with Gasteiger partial charge in [0, 0.05) is 0 Å². The van der Waals surface area contributed by atoms with Crippen LogP contribution >= 0.6 is 0 Å². The second-order valence-electron chi connectivity index (χ2n) is 2.91. The van der Waals surface area contributed by atoms with Crippen LogP contribution in [0.15, 0.2) is 0 Å². The van der Waals surface area contributed by atoms with E-state index in [1.54, 1.807) is 0 Å². The van der Waals surface area contributed by atoms with E-state index in [0.29, 0.717) is 5.41 Å². The van der Waals surface area contributed by atoms with Crippen molar-refractivity contribution in [2.24, 2.45) is 5.41 Å². The van der Waals surface area contributed by atoms with Gasteiger partial charge in [-0.15, -0.1) is 0 Å². The zero-order valence-electron chi connectivity index (χ0n) is 5.21. The second kappa shape index (κ2) is 2.83. The summed E-state index contributed by atoms with van der Waals surface area (Å²) in [6, 6.07) is 0. The summed E-state index contributed by atoms with van der Waals surface area (Å²) in [6.07, 6.45) is 0. The fourth-order valence-electron chi connectivity index (χ4n) is 0. The first-order chi connectivity index (χ1) is 2.56. The molecule has 0 amide bonds.